The number of carbonyl (C=O) groups is 3. The van der Waals surface area contributed by atoms with Crippen LogP contribution in [0.2, 0.25) is 0 Å². The van der Waals surface area contributed by atoms with Crippen molar-refractivity contribution in [2.24, 2.45) is 0 Å². The molecule has 0 aromatic heterocycles. The molecule has 0 unspecified atom stereocenters. The number of hydrogen-bond donors (Lipinski definition) is 3. The zero-order chi connectivity index (χ0) is 18.3. The quantitative estimate of drug-likeness (QED) is 0.637. The van der Waals surface area contributed by atoms with Crippen molar-refractivity contribution in [3.8, 4) is 0 Å². The molecule has 0 spiro atoms. The zero-order valence-corrected chi connectivity index (χ0v) is 13.1. The first-order valence-corrected chi connectivity index (χ1v) is 8.00. The van der Waals surface area contributed by atoms with Gasteiger partial charge in [0.15, 0.2) is 0 Å². The Kier molecular flexibility index (Phi) is 4.10. The summed E-state index contributed by atoms with van der Waals surface area (Å²) in [4.78, 5) is 34.0. The second-order valence-electron chi connectivity index (χ2n) is 5.17. The van der Waals surface area contributed by atoms with Gasteiger partial charge in [0.25, 0.3) is 15.6 Å². The van der Waals surface area contributed by atoms with Crippen molar-refractivity contribution in [2.75, 3.05) is 0 Å². The van der Waals surface area contributed by atoms with Crippen LogP contribution in [0.15, 0.2) is 40.9 Å². The molecule has 0 aliphatic carbocycles. The fraction of sp³-hybridized carbons (Fsp3) is 0.214. The number of aliphatic carboxylic acids is 3. The highest BCUT2D eigenvalue weighted by molar-refractivity contribution is 7.89. The van der Waals surface area contributed by atoms with Crippen molar-refractivity contribution >= 4 is 27.9 Å². The standard InChI is InChI=1S/C14H13NO8S/c1-8-4-2-3-5-10(8)24(22,23)15-7-9(11(16)17)6-14(15,12(18)19)13(20)21/h2-5,7H,6H2,1H3,(H,16,17)(H,18,19)(H,20,21). The number of carboxylic acids is 3. The van der Waals surface area contributed by atoms with Crippen molar-refractivity contribution in [3.63, 3.8) is 0 Å². The molecule has 0 amide bonds. The monoisotopic (exact) mass is 355 g/mol. The first kappa shape index (κ1) is 17.5. The van der Waals surface area contributed by atoms with Crippen LogP contribution in [-0.2, 0) is 24.4 Å². The summed E-state index contributed by atoms with van der Waals surface area (Å²) in [6, 6.07) is 5.58. The Labute approximate surface area is 136 Å². The highest BCUT2D eigenvalue weighted by atomic mass is 32.2. The van der Waals surface area contributed by atoms with E-state index in [4.69, 9.17) is 5.11 Å². The SMILES string of the molecule is Cc1ccccc1S(=O)(=O)N1C=C(C(=O)O)CC1(C(=O)O)C(=O)O. The Hall–Kier alpha value is -2.88. The summed E-state index contributed by atoms with van der Waals surface area (Å²) in [7, 11) is -4.60. The topological polar surface area (TPSA) is 149 Å². The minimum Gasteiger partial charge on any atom is -0.479 e. The third-order valence-corrected chi connectivity index (χ3v) is 5.66. The maximum Gasteiger partial charge on any atom is 0.342 e. The lowest BCUT2D eigenvalue weighted by molar-refractivity contribution is -0.161. The highest BCUT2D eigenvalue weighted by Gasteiger charge is 2.60. The molecule has 1 heterocycles. The van der Waals surface area contributed by atoms with Gasteiger partial charge >= 0.3 is 17.9 Å². The highest BCUT2D eigenvalue weighted by Crippen LogP contribution is 2.38. The minimum absolute atomic E-state index is 0.108. The third kappa shape index (κ3) is 2.40. The number of rotatable bonds is 5. The molecule has 9 nitrogen and oxygen atoms in total. The van der Waals surface area contributed by atoms with E-state index >= 15 is 0 Å². The maximum absolute atomic E-state index is 12.8. The summed E-state index contributed by atoms with van der Waals surface area (Å²) in [6.07, 6.45) is -0.440. The molecule has 0 saturated carbocycles. The summed E-state index contributed by atoms with van der Waals surface area (Å²) >= 11 is 0. The summed E-state index contributed by atoms with van der Waals surface area (Å²) < 4.78 is 25.7. The van der Waals surface area contributed by atoms with Gasteiger partial charge in [0, 0.05) is 12.6 Å². The van der Waals surface area contributed by atoms with E-state index < -0.39 is 45.5 Å². The first-order valence-electron chi connectivity index (χ1n) is 6.56. The summed E-state index contributed by atoms with van der Waals surface area (Å²) in [5.41, 5.74) is -3.31. The molecular weight excluding hydrogens is 342 g/mol. The molecular formula is C14H13NO8S. The minimum atomic E-state index is -4.60. The average molecular weight is 355 g/mol. The Bertz CT molecular complexity index is 857. The fourth-order valence-corrected chi connectivity index (χ4v) is 4.27. The van der Waals surface area contributed by atoms with E-state index in [1.54, 1.807) is 6.07 Å². The Balaban J connectivity index is 2.75. The Morgan fingerprint density at radius 1 is 1.08 bits per heavy atom. The van der Waals surface area contributed by atoms with Gasteiger partial charge in [-0.25, -0.2) is 27.1 Å². The van der Waals surface area contributed by atoms with Crippen molar-refractivity contribution in [1.82, 2.24) is 4.31 Å². The van der Waals surface area contributed by atoms with Gasteiger partial charge in [0.1, 0.15) is 0 Å². The molecule has 10 heteroatoms. The van der Waals surface area contributed by atoms with E-state index in [1.807, 2.05) is 0 Å². The summed E-state index contributed by atoms with van der Waals surface area (Å²) in [5, 5.41) is 27.8. The molecule has 1 aliphatic rings. The lowest BCUT2D eigenvalue weighted by Crippen LogP contribution is -2.57. The predicted molar refractivity (Wildman–Crippen MR) is 78.5 cm³/mol. The van der Waals surface area contributed by atoms with Gasteiger partial charge in [-0.15, -0.1) is 0 Å². The van der Waals surface area contributed by atoms with E-state index in [2.05, 4.69) is 0 Å². The second-order valence-corrected chi connectivity index (χ2v) is 6.96. The molecule has 1 aliphatic heterocycles. The molecule has 0 atom stereocenters. The molecule has 0 saturated heterocycles. The van der Waals surface area contributed by atoms with Crippen LogP contribution in [0.5, 0.6) is 0 Å². The molecule has 1 aromatic carbocycles. The van der Waals surface area contributed by atoms with Crippen LogP contribution in [0.3, 0.4) is 0 Å². The molecule has 0 bridgehead atoms. The number of nitrogens with zero attached hydrogens (tertiary/aromatic N) is 1. The van der Waals surface area contributed by atoms with E-state index in [-0.39, 0.29) is 14.8 Å². The molecule has 3 N–H and O–H groups in total. The first-order chi connectivity index (χ1) is 11.0. The number of sulfonamides is 1. The fourth-order valence-electron chi connectivity index (χ4n) is 2.44. The van der Waals surface area contributed by atoms with Gasteiger partial charge in [0.05, 0.1) is 10.5 Å². The van der Waals surface area contributed by atoms with Crippen molar-refractivity contribution in [2.45, 2.75) is 23.8 Å². The van der Waals surface area contributed by atoms with Crippen LogP contribution in [0.25, 0.3) is 0 Å². The van der Waals surface area contributed by atoms with E-state index in [0.29, 0.717) is 6.20 Å². The lowest BCUT2D eigenvalue weighted by atomic mass is 9.95. The van der Waals surface area contributed by atoms with Crippen LogP contribution in [0.4, 0.5) is 0 Å². The van der Waals surface area contributed by atoms with Crippen molar-refractivity contribution in [3.05, 3.63) is 41.6 Å². The van der Waals surface area contributed by atoms with E-state index in [9.17, 15) is 33.0 Å². The van der Waals surface area contributed by atoms with Gasteiger partial charge < -0.3 is 15.3 Å². The van der Waals surface area contributed by atoms with Gasteiger partial charge in [0.2, 0.25) is 0 Å². The molecule has 24 heavy (non-hydrogen) atoms. The summed E-state index contributed by atoms with van der Waals surface area (Å²) in [5.74, 6) is -5.54. The van der Waals surface area contributed by atoms with Crippen LogP contribution in [0, 0.1) is 6.92 Å². The number of benzene rings is 1. The van der Waals surface area contributed by atoms with Crippen molar-refractivity contribution in [1.29, 1.82) is 0 Å². The second kappa shape index (κ2) is 5.64. The number of hydrogen-bond acceptors (Lipinski definition) is 5. The van der Waals surface area contributed by atoms with Crippen LogP contribution in [0.1, 0.15) is 12.0 Å². The number of carboxylic acid groups (broad SMARTS) is 3. The molecule has 1 aromatic rings. The third-order valence-electron chi connectivity index (χ3n) is 3.71. The van der Waals surface area contributed by atoms with Gasteiger partial charge in [-0.3, -0.25) is 0 Å². The van der Waals surface area contributed by atoms with Crippen LogP contribution < -0.4 is 0 Å². The van der Waals surface area contributed by atoms with Gasteiger partial charge in [-0.1, -0.05) is 18.2 Å². The maximum atomic E-state index is 12.8. The molecule has 128 valence electrons. The zero-order valence-electron chi connectivity index (χ0n) is 12.3. The molecule has 0 radical (unpaired) electrons. The van der Waals surface area contributed by atoms with Crippen LogP contribution >= 0.6 is 0 Å². The molecule has 2 rings (SSSR count). The van der Waals surface area contributed by atoms with E-state index in [0.717, 1.165) is 0 Å². The Morgan fingerprint density at radius 3 is 2.08 bits per heavy atom. The van der Waals surface area contributed by atoms with Gasteiger partial charge in [-0.05, 0) is 18.6 Å². The normalized spacial score (nSPS) is 16.5. The molecule has 0 fully saturated rings. The smallest absolute Gasteiger partial charge is 0.342 e. The van der Waals surface area contributed by atoms with Crippen molar-refractivity contribution < 1.29 is 38.1 Å². The predicted octanol–water partition coefficient (Wildman–Crippen LogP) is 0.266. The van der Waals surface area contributed by atoms with Gasteiger partial charge in [-0.2, -0.15) is 0 Å². The number of aryl methyl sites for hydroxylation is 1. The Morgan fingerprint density at radius 2 is 1.62 bits per heavy atom. The van der Waals surface area contributed by atoms with E-state index in [1.165, 1.54) is 25.1 Å². The average Bonchev–Trinajstić information content (AvgIpc) is 2.90. The largest absolute Gasteiger partial charge is 0.479 e. The van der Waals surface area contributed by atoms with Crippen LogP contribution in [-0.4, -0.2) is 51.5 Å². The summed E-state index contributed by atoms with van der Waals surface area (Å²) in [6.45, 7) is 1.45. The lowest BCUT2D eigenvalue weighted by Gasteiger charge is -2.31.